The zero-order chi connectivity index (χ0) is 7.07. The normalized spacial score (nSPS) is 39.6. The molecule has 1 aliphatic rings. The fraction of sp³-hybridized carbons (Fsp3) is 0.667. The van der Waals surface area contributed by atoms with Crippen LogP contribution in [-0.4, -0.2) is 6.69 Å². The molecule has 0 aliphatic carbocycles. The second-order valence-electron chi connectivity index (χ2n) is 2.64. The first-order valence-corrected chi connectivity index (χ1v) is 7.29. The van der Waals surface area contributed by atoms with Crippen molar-refractivity contribution >= 4 is 28.9 Å². The molecule has 0 N–H and O–H groups in total. The average Bonchev–Trinajstić information content (AvgIpc) is 1.96. The highest BCUT2D eigenvalue weighted by molar-refractivity contribution is 7.47. The Balaban J connectivity index is 2.76. The van der Waals surface area contributed by atoms with Gasteiger partial charge in [0.1, 0.15) is 0 Å². The van der Waals surface area contributed by atoms with E-state index in [1.807, 2.05) is 0 Å². The minimum Gasteiger partial charge on any atom is -0.145 e. The smallest absolute Gasteiger partial charge is 0.145 e. The van der Waals surface area contributed by atoms with Gasteiger partial charge in [-0.3, -0.25) is 0 Å². The van der Waals surface area contributed by atoms with Crippen molar-refractivity contribution < 1.29 is 0 Å². The van der Waals surface area contributed by atoms with Gasteiger partial charge in [0.15, 0.2) is 0 Å². The molecule has 0 fully saturated rings. The molecule has 9 heavy (non-hydrogen) atoms. The fourth-order valence-corrected chi connectivity index (χ4v) is 3.44. The summed E-state index contributed by atoms with van der Waals surface area (Å²) >= 11 is 12.2. The third kappa shape index (κ3) is 1.19. The Morgan fingerprint density at radius 1 is 1.11 bits per heavy atom. The van der Waals surface area contributed by atoms with E-state index in [1.54, 1.807) is 0 Å². The van der Waals surface area contributed by atoms with Gasteiger partial charge >= 0.3 is 0 Å². The minimum atomic E-state index is -1.91. The maximum atomic E-state index is 6.11. The van der Waals surface area contributed by atoms with E-state index in [0.717, 1.165) is 0 Å². The van der Waals surface area contributed by atoms with Crippen molar-refractivity contribution in [3.63, 3.8) is 0 Å². The topological polar surface area (TPSA) is 0 Å². The van der Waals surface area contributed by atoms with Crippen LogP contribution in [0.5, 0.6) is 0 Å². The summed E-state index contributed by atoms with van der Waals surface area (Å²) in [6.45, 7) is 2.27. The monoisotopic (exact) mass is 180 g/mol. The van der Waals surface area contributed by atoms with Gasteiger partial charge in [-0.05, 0) is 11.1 Å². The van der Waals surface area contributed by atoms with Crippen molar-refractivity contribution in [3.05, 3.63) is 12.2 Å². The molecule has 0 aromatic heterocycles. The molecular formula is C6H10Cl2Si. The van der Waals surface area contributed by atoms with Crippen LogP contribution in [-0.2, 0) is 0 Å². The molecule has 0 aromatic rings. The van der Waals surface area contributed by atoms with Crippen molar-refractivity contribution in [2.75, 3.05) is 0 Å². The standard InChI is InChI=1S/C6H10Cl2Si/c1-5-3-4-6(2)9(5,7)8/h3-6H,1-2H3. The van der Waals surface area contributed by atoms with Gasteiger partial charge in [-0.25, -0.2) is 0 Å². The lowest BCUT2D eigenvalue weighted by atomic mass is 10.4. The lowest BCUT2D eigenvalue weighted by molar-refractivity contribution is 1.15. The summed E-state index contributed by atoms with van der Waals surface area (Å²) < 4.78 is 0. The van der Waals surface area contributed by atoms with Crippen LogP contribution >= 0.6 is 22.2 Å². The summed E-state index contributed by atoms with van der Waals surface area (Å²) in [6, 6.07) is 0. The molecular weight excluding hydrogens is 171 g/mol. The number of allylic oxidation sites excluding steroid dienone is 2. The van der Waals surface area contributed by atoms with Crippen LogP contribution in [0.25, 0.3) is 0 Å². The van der Waals surface area contributed by atoms with E-state index in [9.17, 15) is 0 Å². The lowest BCUT2D eigenvalue weighted by Crippen LogP contribution is -2.23. The van der Waals surface area contributed by atoms with E-state index in [2.05, 4.69) is 26.0 Å². The van der Waals surface area contributed by atoms with Crippen LogP contribution < -0.4 is 0 Å². The zero-order valence-electron chi connectivity index (χ0n) is 5.57. The van der Waals surface area contributed by atoms with Gasteiger partial charge in [0.2, 0.25) is 0 Å². The third-order valence-electron chi connectivity index (χ3n) is 1.90. The highest BCUT2D eigenvalue weighted by Gasteiger charge is 2.42. The molecule has 3 heteroatoms. The van der Waals surface area contributed by atoms with E-state index in [4.69, 9.17) is 22.2 Å². The predicted octanol–water partition coefficient (Wildman–Crippen LogP) is 3.26. The zero-order valence-corrected chi connectivity index (χ0v) is 8.08. The molecule has 1 aliphatic heterocycles. The largest absolute Gasteiger partial charge is 0.263 e. The highest BCUT2D eigenvalue weighted by Crippen LogP contribution is 2.46. The molecule has 2 atom stereocenters. The van der Waals surface area contributed by atoms with Gasteiger partial charge in [-0.1, -0.05) is 26.0 Å². The molecule has 0 radical (unpaired) electrons. The van der Waals surface area contributed by atoms with Crippen LogP contribution in [0, 0.1) is 0 Å². The molecule has 0 aromatic carbocycles. The molecule has 1 heterocycles. The molecule has 0 nitrogen and oxygen atoms in total. The molecule has 0 saturated carbocycles. The van der Waals surface area contributed by atoms with E-state index in [1.165, 1.54) is 0 Å². The minimum absolute atomic E-state index is 0.427. The van der Waals surface area contributed by atoms with Crippen molar-refractivity contribution in [3.8, 4) is 0 Å². The maximum absolute atomic E-state index is 6.11. The second-order valence-corrected chi connectivity index (χ2v) is 10.1. The Bertz CT molecular complexity index is 128. The van der Waals surface area contributed by atoms with Crippen molar-refractivity contribution in [2.45, 2.75) is 24.9 Å². The molecule has 0 spiro atoms. The summed E-state index contributed by atoms with van der Waals surface area (Å²) in [5.41, 5.74) is 0.853. The lowest BCUT2D eigenvalue weighted by Gasteiger charge is -2.19. The predicted molar refractivity (Wildman–Crippen MR) is 45.4 cm³/mol. The van der Waals surface area contributed by atoms with E-state index in [0.29, 0.717) is 11.1 Å². The van der Waals surface area contributed by atoms with Crippen molar-refractivity contribution in [2.24, 2.45) is 0 Å². The van der Waals surface area contributed by atoms with Gasteiger partial charge < -0.3 is 0 Å². The Kier molecular flexibility index (Phi) is 1.95. The van der Waals surface area contributed by atoms with Crippen LogP contribution in [0.4, 0.5) is 0 Å². The average molecular weight is 181 g/mol. The number of halogens is 2. The Morgan fingerprint density at radius 3 is 1.56 bits per heavy atom. The van der Waals surface area contributed by atoms with E-state index >= 15 is 0 Å². The van der Waals surface area contributed by atoms with Crippen LogP contribution in [0.3, 0.4) is 0 Å². The van der Waals surface area contributed by atoms with Gasteiger partial charge in [0.05, 0.1) is 0 Å². The molecule has 52 valence electrons. The molecule has 0 bridgehead atoms. The number of rotatable bonds is 0. The van der Waals surface area contributed by atoms with Gasteiger partial charge in [-0.2, -0.15) is 0 Å². The highest BCUT2D eigenvalue weighted by atomic mass is 35.7. The Morgan fingerprint density at radius 2 is 1.44 bits per heavy atom. The van der Waals surface area contributed by atoms with E-state index in [-0.39, 0.29) is 0 Å². The number of hydrogen-bond donors (Lipinski definition) is 0. The summed E-state index contributed by atoms with van der Waals surface area (Å²) in [5, 5.41) is 0. The van der Waals surface area contributed by atoms with Crippen LogP contribution in [0.2, 0.25) is 11.1 Å². The quantitative estimate of drug-likeness (QED) is 0.305. The number of hydrogen-bond acceptors (Lipinski definition) is 0. The first-order valence-electron chi connectivity index (χ1n) is 3.11. The van der Waals surface area contributed by atoms with Crippen molar-refractivity contribution in [1.29, 1.82) is 0 Å². The summed E-state index contributed by atoms with van der Waals surface area (Å²) in [5.74, 6) is 0. The first-order chi connectivity index (χ1) is 4.05. The molecule has 2 unspecified atom stereocenters. The van der Waals surface area contributed by atoms with Gasteiger partial charge in [0.25, 0.3) is 6.69 Å². The second kappa shape index (κ2) is 2.29. The summed E-state index contributed by atoms with van der Waals surface area (Å²) in [7, 11) is 0. The van der Waals surface area contributed by atoms with E-state index < -0.39 is 6.69 Å². The molecule has 1 rings (SSSR count). The van der Waals surface area contributed by atoms with Gasteiger partial charge in [0, 0.05) is 0 Å². The first kappa shape index (κ1) is 7.64. The molecule has 0 amide bonds. The Labute approximate surface area is 66.3 Å². The van der Waals surface area contributed by atoms with Crippen molar-refractivity contribution in [1.82, 2.24) is 0 Å². The summed E-state index contributed by atoms with van der Waals surface area (Å²) in [6.07, 6.45) is 4.24. The third-order valence-corrected chi connectivity index (χ3v) is 8.85. The van der Waals surface area contributed by atoms with Gasteiger partial charge in [-0.15, -0.1) is 22.2 Å². The SMILES string of the molecule is CC1C=CC(C)[Si]1(Cl)Cl. The van der Waals surface area contributed by atoms with Crippen LogP contribution in [0.15, 0.2) is 12.2 Å². The maximum Gasteiger partial charge on any atom is 0.263 e. The van der Waals surface area contributed by atoms with Crippen LogP contribution in [0.1, 0.15) is 13.8 Å². The summed E-state index contributed by atoms with van der Waals surface area (Å²) in [4.78, 5) is 0. The molecule has 0 saturated heterocycles. The Hall–Kier alpha value is 0.537. The fourth-order valence-electron chi connectivity index (χ4n) is 1.00.